The molecule has 0 aliphatic heterocycles. The minimum Gasteiger partial charge on any atom is -1.00 e. The first-order chi connectivity index (χ1) is 11.6. The largest absolute Gasteiger partial charge is 1.00 e. The van der Waals surface area contributed by atoms with Crippen LogP contribution in [0.5, 0.6) is 0 Å². The van der Waals surface area contributed by atoms with Gasteiger partial charge in [0.05, 0.1) is 5.39 Å². The Hall–Kier alpha value is -2.54. The number of aryl methyl sites for hydroxylation is 1. The van der Waals surface area contributed by atoms with E-state index in [0.29, 0.717) is 24.5 Å². The van der Waals surface area contributed by atoms with E-state index in [-0.39, 0.29) is 29.2 Å². The highest BCUT2D eigenvalue weighted by Gasteiger charge is 2.17. The number of hydrogen-bond donors (Lipinski definition) is 2. The third-order valence-corrected chi connectivity index (χ3v) is 3.84. The van der Waals surface area contributed by atoms with E-state index in [0.717, 1.165) is 16.3 Å². The smallest absolute Gasteiger partial charge is 0.303 e. The zero-order chi connectivity index (χ0) is 17.1. The van der Waals surface area contributed by atoms with E-state index in [1.165, 1.54) is 12.1 Å². The van der Waals surface area contributed by atoms with Gasteiger partial charge in [0.1, 0.15) is 18.1 Å². The first-order valence-electron chi connectivity index (χ1n) is 7.62. The monoisotopic (exact) mass is 405 g/mol. The molecule has 0 aliphatic carbocycles. The highest BCUT2D eigenvalue weighted by atomic mass is 79.9. The fourth-order valence-corrected chi connectivity index (χ4v) is 2.65. The highest BCUT2D eigenvalue weighted by molar-refractivity contribution is 5.98. The number of nitrogens with zero attached hydrogens (tertiary/aromatic N) is 2. The van der Waals surface area contributed by atoms with Crippen LogP contribution in [0.3, 0.4) is 0 Å². The normalized spacial score (nSPS) is 10.4. The summed E-state index contributed by atoms with van der Waals surface area (Å²) in [5.41, 5.74) is 7.67. The maximum absolute atomic E-state index is 13.2. The van der Waals surface area contributed by atoms with Crippen molar-refractivity contribution in [1.82, 2.24) is 5.10 Å². The molecule has 25 heavy (non-hydrogen) atoms. The molecule has 0 aliphatic rings. The van der Waals surface area contributed by atoms with Crippen molar-refractivity contribution in [3.05, 3.63) is 54.3 Å². The van der Waals surface area contributed by atoms with E-state index in [1.807, 2.05) is 24.3 Å². The first-order valence-corrected chi connectivity index (χ1v) is 7.62. The molecular weight excluding hydrogens is 389 g/mol. The predicted molar refractivity (Wildman–Crippen MR) is 88.6 cm³/mol. The van der Waals surface area contributed by atoms with E-state index < -0.39 is 5.97 Å². The van der Waals surface area contributed by atoms with Crippen LogP contribution in [0.15, 0.2) is 48.5 Å². The van der Waals surface area contributed by atoms with Crippen molar-refractivity contribution in [3.8, 4) is 11.3 Å². The fourth-order valence-electron chi connectivity index (χ4n) is 2.65. The number of aliphatic carboxylic acids is 1. The van der Waals surface area contributed by atoms with Gasteiger partial charge in [-0.15, -0.1) is 4.68 Å². The molecule has 0 amide bonds. The van der Waals surface area contributed by atoms with Gasteiger partial charge in [-0.3, -0.25) is 10.5 Å². The van der Waals surface area contributed by atoms with E-state index in [1.54, 1.807) is 16.8 Å². The standard InChI is InChI=1S/C18H16FN3O2.BrH/c19-13-9-7-12(8-10-13)17-14-4-1-2-5-15(14)18(20)22(21-17)11-3-6-16(23)24;/h1-2,4-5,7-10,20H,3,6,11H2,(H,23,24);1H. The number of rotatable bonds is 5. The molecule has 0 unspecified atom stereocenters. The Kier molecular flexibility index (Phi) is 6.03. The molecule has 0 spiro atoms. The molecule has 130 valence electrons. The Balaban J connectivity index is 0.00000225. The minimum absolute atomic E-state index is 0. The van der Waals surface area contributed by atoms with Gasteiger partial charge in [0, 0.05) is 17.4 Å². The molecule has 3 aromatic rings. The second-order valence-electron chi connectivity index (χ2n) is 5.51. The molecule has 0 saturated heterocycles. The number of benzene rings is 2. The van der Waals surface area contributed by atoms with Crippen molar-refractivity contribution in [3.63, 3.8) is 0 Å². The Bertz CT molecular complexity index is 901. The highest BCUT2D eigenvalue weighted by Crippen LogP contribution is 2.28. The number of carboxylic acid groups (broad SMARTS) is 1. The fraction of sp³-hybridized carbons (Fsp3) is 0.167. The molecule has 1 heterocycles. The second-order valence-corrected chi connectivity index (χ2v) is 5.51. The number of anilines is 1. The summed E-state index contributed by atoms with van der Waals surface area (Å²) < 4.78 is 14.8. The zero-order valence-electron chi connectivity index (χ0n) is 13.3. The van der Waals surface area contributed by atoms with Crippen LogP contribution < -0.4 is 27.4 Å². The molecular formula is C18H17BrFN3O2. The van der Waals surface area contributed by atoms with Gasteiger partial charge >= 0.3 is 11.8 Å². The molecule has 2 aromatic carbocycles. The number of hydrogen-bond acceptors (Lipinski definition) is 3. The van der Waals surface area contributed by atoms with Crippen molar-refractivity contribution < 1.29 is 36.0 Å². The van der Waals surface area contributed by atoms with Crippen LogP contribution in [0.1, 0.15) is 12.8 Å². The third-order valence-electron chi connectivity index (χ3n) is 3.84. The second kappa shape index (κ2) is 8.02. The van der Waals surface area contributed by atoms with Crippen molar-refractivity contribution in [1.29, 1.82) is 0 Å². The summed E-state index contributed by atoms with van der Waals surface area (Å²) in [5.74, 6) is -0.677. The Morgan fingerprint density at radius 1 is 1.12 bits per heavy atom. The lowest BCUT2D eigenvalue weighted by Crippen LogP contribution is -3.00. The lowest BCUT2D eigenvalue weighted by atomic mass is 10.0. The number of fused-ring (bicyclic) bond motifs is 1. The van der Waals surface area contributed by atoms with Gasteiger partial charge in [-0.25, -0.2) is 4.39 Å². The van der Waals surface area contributed by atoms with Crippen LogP contribution in [-0.4, -0.2) is 16.2 Å². The molecule has 1 aromatic heterocycles. The van der Waals surface area contributed by atoms with Crippen molar-refractivity contribution in [2.24, 2.45) is 0 Å². The van der Waals surface area contributed by atoms with Crippen molar-refractivity contribution in [2.45, 2.75) is 19.4 Å². The number of nitrogen functional groups attached to an aromatic ring is 1. The number of carbonyl (C=O) groups is 1. The molecule has 3 rings (SSSR count). The van der Waals surface area contributed by atoms with Gasteiger partial charge in [0.2, 0.25) is 0 Å². The summed E-state index contributed by atoms with van der Waals surface area (Å²) in [6, 6.07) is 13.7. The molecule has 0 bridgehead atoms. The molecule has 3 N–H and O–H groups in total. The number of aromatic nitrogens is 2. The van der Waals surface area contributed by atoms with Gasteiger partial charge in [-0.05, 0) is 36.8 Å². The maximum Gasteiger partial charge on any atom is 0.303 e. The maximum atomic E-state index is 13.2. The van der Waals surface area contributed by atoms with Crippen molar-refractivity contribution in [2.75, 3.05) is 5.73 Å². The Morgan fingerprint density at radius 2 is 1.76 bits per heavy atom. The van der Waals surface area contributed by atoms with E-state index in [4.69, 9.17) is 10.8 Å². The predicted octanol–water partition coefficient (Wildman–Crippen LogP) is -0.221. The summed E-state index contributed by atoms with van der Waals surface area (Å²) in [6.07, 6.45) is 0.477. The van der Waals surface area contributed by atoms with E-state index >= 15 is 0 Å². The topological polar surface area (TPSA) is 80.1 Å². The Morgan fingerprint density at radius 3 is 2.40 bits per heavy atom. The molecule has 5 nitrogen and oxygen atoms in total. The van der Waals surface area contributed by atoms with Gasteiger partial charge < -0.3 is 22.1 Å². The van der Waals surface area contributed by atoms with E-state index in [2.05, 4.69) is 5.10 Å². The number of nitrogens with two attached hydrogens (primary N) is 1. The van der Waals surface area contributed by atoms with E-state index in [9.17, 15) is 9.18 Å². The van der Waals surface area contributed by atoms with Gasteiger partial charge in [0.25, 0.3) is 0 Å². The van der Waals surface area contributed by atoms with Crippen LogP contribution in [0.2, 0.25) is 0 Å². The summed E-state index contributed by atoms with van der Waals surface area (Å²) >= 11 is 0. The quantitative estimate of drug-likeness (QED) is 0.575. The summed E-state index contributed by atoms with van der Waals surface area (Å²) in [7, 11) is 0. The molecule has 7 heteroatoms. The summed E-state index contributed by atoms with van der Waals surface area (Å²) in [4.78, 5) is 10.7. The SMILES string of the molecule is Nc1c2ccccc2c(-c2ccc(F)cc2)n[n+]1CCCC(=O)O.[Br-]. The van der Waals surface area contributed by atoms with Crippen LogP contribution in [0.4, 0.5) is 10.2 Å². The van der Waals surface area contributed by atoms with Crippen molar-refractivity contribution >= 4 is 22.6 Å². The van der Waals surface area contributed by atoms with Crippen LogP contribution in [0.25, 0.3) is 22.0 Å². The first kappa shape index (κ1) is 18.8. The van der Waals surface area contributed by atoms with Gasteiger partial charge in [-0.1, -0.05) is 23.3 Å². The van der Waals surface area contributed by atoms with Crippen LogP contribution in [-0.2, 0) is 11.3 Å². The average molecular weight is 406 g/mol. The lowest BCUT2D eigenvalue weighted by Gasteiger charge is -2.09. The third kappa shape index (κ3) is 4.11. The summed E-state index contributed by atoms with van der Waals surface area (Å²) in [5, 5.41) is 15.1. The molecule has 0 saturated carbocycles. The number of carboxylic acids is 1. The zero-order valence-corrected chi connectivity index (χ0v) is 14.9. The lowest BCUT2D eigenvalue weighted by molar-refractivity contribution is -0.738. The molecule has 0 fully saturated rings. The molecule has 0 atom stereocenters. The summed E-state index contributed by atoms with van der Waals surface area (Å²) in [6.45, 7) is 0.400. The molecule has 0 radical (unpaired) electrons. The average Bonchev–Trinajstić information content (AvgIpc) is 2.58. The number of halogens is 2. The van der Waals surface area contributed by atoms with Crippen LogP contribution in [0, 0.1) is 5.82 Å². The Labute approximate surface area is 154 Å². The van der Waals surface area contributed by atoms with Gasteiger partial charge in [-0.2, -0.15) is 0 Å². The van der Waals surface area contributed by atoms with Crippen LogP contribution >= 0.6 is 0 Å². The minimum atomic E-state index is -0.853. The van der Waals surface area contributed by atoms with Gasteiger partial charge in [0.15, 0.2) is 0 Å².